The van der Waals surface area contributed by atoms with Gasteiger partial charge in [-0.2, -0.15) is 0 Å². The van der Waals surface area contributed by atoms with E-state index in [-0.39, 0.29) is 11.1 Å². The van der Waals surface area contributed by atoms with E-state index in [9.17, 15) is 0 Å². The molecule has 1 saturated heterocycles. The van der Waals surface area contributed by atoms with Crippen LogP contribution in [-0.4, -0.2) is 42.8 Å². The fourth-order valence-electron chi connectivity index (χ4n) is 2.89. The minimum absolute atomic E-state index is 0.0233. The summed E-state index contributed by atoms with van der Waals surface area (Å²) in [6, 6.07) is 11.3. The molecule has 3 nitrogen and oxygen atoms in total. The monoisotopic (exact) mass is 290 g/mol. The third kappa shape index (κ3) is 4.53. The van der Waals surface area contributed by atoms with Crippen LogP contribution >= 0.6 is 0 Å². The van der Waals surface area contributed by atoms with E-state index < -0.39 is 0 Å². The van der Waals surface area contributed by atoms with Crippen molar-refractivity contribution in [1.82, 2.24) is 10.2 Å². The van der Waals surface area contributed by atoms with Crippen LogP contribution in [0, 0.1) is 0 Å². The summed E-state index contributed by atoms with van der Waals surface area (Å²) in [6.45, 7) is 14.7. The third-order valence-electron chi connectivity index (χ3n) is 4.25. The average Bonchev–Trinajstić information content (AvgIpc) is 2.43. The number of hydrogen-bond acceptors (Lipinski definition) is 3. The van der Waals surface area contributed by atoms with Gasteiger partial charge in [0.2, 0.25) is 0 Å². The molecule has 1 N–H and O–H groups in total. The van der Waals surface area contributed by atoms with E-state index in [1.807, 2.05) is 0 Å². The number of piperazine rings is 1. The Morgan fingerprint density at radius 1 is 1.29 bits per heavy atom. The molecule has 0 amide bonds. The van der Waals surface area contributed by atoms with Crippen molar-refractivity contribution in [3.8, 4) is 0 Å². The number of hydrogen-bond donors (Lipinski definition) is 1. The lowest BCUT2D eigenvalue weighted by atomic mass is 9.88. The van der Waals surface area contributed by atoms with Crippen LogP contribution in [0.2, 0.25) is 0 Å². The molecule has 2 rings (SSSR count). The van der Waals surface area contributed by atoms with Crippen molar-refractivity contribution < 1.29 is 4.74 Å². The second-order valence-electron chi connectivity index (χ2n) is 7.36. The van der Waals surface area contributed by atoms with Gasteiger partial charge < -0.3 is 10.1 Å². The number of nitrogens with zero attached hydrogens (tertiary/aromatic N) is 1. The van der Waals surface area contributed by atoms with Gasteiger partial charge in [-0.3, -0.25) is 4.90 Å². The first kappa shape index (κ1) is 16.5. The van der Waals surface area contributed by atoms with E-state index in [1.54, 1.807) is 0 Å². The Morgan fingerprint density at radius 2 is 1.95 bits per heavy atom. The van der Waals surface area contributed by atoms with Crippen molar-refractivity contribution in [2.45, 2.75) is 51.8 Å². The summed E-state index contributed by atoms with van der Waals surface area (Å²) in [5.74, 6) is 0. The molecule has 0 aliphatic carbocycles. The lowest BCUT2D eigenvalue weighted by molar-refractivity contribution is -0.0255. The van der Waals surface area contributed by atoms with Crippen molar-refractivity contribution in [2.75, 3.05) is 26.2 Å². The average molecular weight is 290 g/mol. The summed E-state index contributed by atoms with van der Waals surface area (Å²) < 4.78 is 5.89. The molecule has 0 radical (unpaired) electrons. The Hall–Kier alpha value is -0.900. The van der Waals surface area contributed by atoms with Crippen molar-refractivity contribution >= 4 is 0 Å². The summed E-state index contributed by atoms with van der Waals surface area (Å²) in [5, 5.41) is 3.72. The fourth-order valence-corrected chi connectivity index (χ4v) is 2.89. The van der Waals surface area contributed by atoms with Crippen LogP contribution in [0.3, 0.4) is 0 Å². The smallest absolute Gasteiger partial charge is 0.0600 e. The molecule has 1 aliphatic heterocycles. The molecule has 0 aromatic heterocycles. The van der Waals surface area contributed by atoms with E-state index in [4.69, 9.17) is 4.74 Å². The molecular weight excluding hydrogens is 260 g/mol. The van der Waals surface area contributed by atoms with Crippen LogP contribution < -0.4 is 5.32 Å². The molecule has 118 valence electrons. The van der Waals surface area contributed by atoms with Crippen LogP contribution in [0.15, 0.2) is 30.3 Å². The summed E-state index contributed by atoms with van der Waals surface area (Å²) in [7, 11) is 0. The van der Waals surface area contributed by atoms with Crippen LogP contribution in [0.4, 0.5) is 0 Å². The molecule has 1 aromatic carbocycles. The van der Waals surface area contributed by atoms with E-state index in [2.05, 4.69) is 75.2 Å². The van der Waals surface area contributed by atoms with Gasteiger partial charge in [-0.15, -0.1) is 0 Å². The fraction of sp³-hybridized carbons (Fsp3) is 0.667. The van der Waals surface area contributed by atoms with Crippen LogP contribution in [0.1, 0.15) is 40.2 Å². The zero-order chi connectivity index (χ0) is 15.5. The molecule has 0 spiro atoms. The van der Waals surface area contributed by atoms with E-state index >= 15 is 0 Å². The topological polar surface area (TPSA) is 24.5 Å². The van der Waals surface area contributed by atoms with Crippen LogP contribution in [0.25, 0.3) is 0 Å². The molecule has 21 heavy (non-hydrogen) atoms. The normalized spacial score (nSPS) is 27.8. The summed E-state index contributed by atoms with van der Waals surface area (Å²) in [6.07, 6.45) is 0. The van der Waals surface area contributed by atoms with Gasteiger partial charge in [-0.25, -0.2) is 0 Å². The summed E-state index contributed by atoms with van der Waals surface area (Å²) in [5.41, 5.74) is 1.33. The first-order valence-electron chi connectivity index (χ1n) is 7.99. The Bertz CT molecular complexity index is 440. The van der Waals surface area contributed by atoms with E-state index in [0.717, 1.165) is 26.2 Å². The van der Waals surface area contributed by atoms with Gasteiger partial charge in [-0.05, 0) is 40.2 Å². The largest absolute Gasteiger partial charge is 0.375 e. The van der Waals surface area contributed by atoms with Crippen LogP contribution in [-0.2, 0) is 10.3 Å². The quantitative estimate of drug-likeness (QED) is 0.922. The predicted octanol–water partition coefficient (Wildman–Crippen LogP) is 3.01. The Balaban J connectivity index is 1.99. The van der Waals surface area contributed by atoms with Gasteiger partial charge >= 0.3 is 0 Å². The van der Waals surface area contributed by atoms with E-state index in [0.29, 0.717) is 6.04 Å². The van der Waals surface area contributed by atoms with Crippen molar-refractivity contribution in [2.24, 2.45) is 0 Å². The molecule has 0 saturated carbocycles. The first-order chi connectivity index (χ1) is 9.80. The van der Waals surface area contributed by atoms with Gasteiger partial charge in [0, 0.05) is 25.7 Å². The highest BCUT2D eigenvalue weighted by Gasteiger charge is 2.35. The maximum atomic E-state index is 5.89. The van der Waals surface area contributed by atoms with Gasteiger partial charge in [0.05, 0.1) is 17.7 Å². The predicted molar refractivity (Wildman–Crippen MR) is 88.5 cm³/mol. The van der Waals surface area contributed by atoms with Gasteiger partial charge in [-0.1, -0.05) is 30.3 Å². The highest BCUT2D eigenvalue weighted by molar-refractivity contribution is 5.25. The van der Waals surface area contributed by atoms with Gasteiger partial charge in [0.25, 0.3) is 0 Å². The minimum atomic E-state index is -0.0555. The Morgan fingerprint density at radius 3 is 2.57 bits per heavy atom. The molecule has 0 bridgehead atoms. The van der Waals surface area contributed by atoms with Crippen molar-refractivity contribution in [3.05, 3.63) is 35.9 Å². The summed E-state index contributed by atoms with van der Waals surface area (Å²) >= 11 is 0. The standard InChI is InChI=1S/C18H30N2O/c1-15-13-19-18(5,16-9-7-6-8-10-16)14-20(15)11-12-21-17(2,3)4/h6-10,15,19H,11-14H2,1-5H3. The number of nitrogens with one attached hydrogen (secondary N) is 1. The van der Waals surface area contributed by atoms with E-state index in [1.165, 1.54) is 5.56 Å². The second kappa shape index (κ2) is 6.47. The lowest BCUT2D eigenvalue weighted by Gasteiger charge is -2.45. The highest BCUT2D eigenvalue weighted by Crippen LogP contribution is 2.26. The maximum Gasteiger partial charge on any atom is 0.0600 e. The highest BCUT2D eigenvalue weighted by atomic mass is 16.5. The molecular formula is C18H30N2O. The van der Waals surface area contributed by atoms with Crippen molar-refractivity contribution in [1.29, 1.82) is 0 Å². The van der Waals surface area contributed by atoms with Crippen molar-refractivity contribution in [3.63, 3.8) is 0 Å². The van der Waals surface area contributed by atoms with Crippen LogP contribution in [0.5, 0.6) is 0 Å². The second-order valence-corrected chi connectivity index (χ2v) is 7.36. The SMILES string of the molecule is CC1CNC(C)(c2ccccc2)CN1CCOC(C)(C)C. The lowest BCUT2D eigenvalue weighted by Crippen LogP contribution is -2.60. The molecule has 1 aliphatic rings. The minimum Gasteiger partial charge on any atom is -0.375 e. The summed E-state index contributed by atoms with van der Waals surface area (Å²) in [4.78, 5) is 2.54. The molecule has 3 heteroatoms. The Labute approximate surface area is 129 Å². The van der Waals surface area contributed by atoms with Gasteiger partial charge in [0.15, 0.2) is 0 Å². The molecule has 1 fully saturated rings. The molecule has 1 aromatic rings. The van der Waals surface area contributed by atoms with Gasteiger partial charge in [0.1, 0.15) is 0 Å². The zero-order valence-corrected chi connectivity index (χ0v) is 14.1. The molecule has 2 atom stereocenters. The maximum absolute atomic E-state index is 5.89. The number of rotatable bonds is 4. The Kier molecular flexibility index (Phi) is 5.07. The number of benzene rings is 1. The third-order valence-corrected chi connectivity index (χ3v) is 4.25. The number of ether oxygens (including phenoxy) is 1. The molecule has 2 unspecified atom stereocenters. The first-order valence-corrected chi connectivity index (χ1v) is 7.99. The molecule has 1 heterocycles. The zero-order valence-electron chi connectivity index (χ0n) is 14.1.